The van der Waals surface area contributed by atoms with Gasteiger partial charge >= 0.3 is 0 Å². The molecular weight excluding hydrogens is 703 g/mol. The average Bonchev–Trinajstić information content (AvgIpc) is 3.09. The van der Waals surface area contributed by atoms with E-state index in [1.165, 1.54) is 49.3 Å². The maximum atomic E-state index is 14.7. The Hall–Kier alpha value is -4.65. The van der Waals surface area contributed by atoms with E-state index in [4.69, 9.17) is 27.9 Å². The van der Waals surface area contributed by atoms with Crippen molar-refractivity contribution >= 4 is 56.4 Å². The summed E-state index contributed by atoms with van der Waals surface area (Å²) in [6, 6.07) is 22.7. The number of sulfonamides is 1. The van der Waals surface area contributed by atoms with Gasteiger partial charge in [0.05, 0.1) is 22.6 Å². The molecule has 0 saturated heterocycles. The van der Waals surface area contributed by atoms with Gasteiger partial charge in [0, 0.05) is 41.2 Å². The Balaban J connectivity index is 1.89. The van der Waals surface area contributed by atoms with Crippen molar-refractivity contribution in [3.05, 3.63) is 128 Å². The number of nitrogens with one attached hydrogen (secondary N) is 1. The van der Waals surface area contributed by atoms with Crippen LogP contribution in [0.4, 0.5) is 11.4 Å². The molecule has 4 aromatic carbocycles. The number of hydrogen-bond acceptors (Lipinski definition) is 7. The van der Waals surface area contributed by atoms with Crippen molar-refractivity contribution in [3.63, 3.8) is 0 Å². The maximum absolute atomic E-state index is 14.7. The second-order valence-corrected chi connectivity index (χ2v) is 14.2. The number of nitro groups is 1. The van der Waals surface area contributed by atoms with Gasteiger partial charge in [-0.05, 0) is 54.8 Å². The third-order valence-corrected chi connectivity index (χ3v) is 10.4. The highest BCUT2D eigenvalue weighted by atomic mass is 35.5. The summed E-state index contributed by atoms with van der Waals surface area (Å²) in [6.07, 6.45) is 1.66. The van der Waals surface area contributed by atoms with Crippen LogP contribution in [-0.2, 0) is 32.6 Å². The SMILES string of the molecule is CCCCNC(=O)[C@H](Cc1ccccc1)N(Cc1ccccc1Cl)C(=O)CN(c1cc(Cl)ccc1OC)S(=O)(=O)c1ccc(C)c([N+](=O)[O-])c1. The Kier molecular flexibility index (Phi) is 13.2. The van der Waals surface area contributed by atoms with Crippen LogP contribution in [-0.4, -0.2) is 56.3 Å². The number of unbranched alkanes of at least 4 members (excludes halogenated alkanes) is 1. The lowest BCUT2D eigenvalue weighted by molar-refractivity contribution is -0.385. The monoisotopic (exact) mass is 740 g/mol. The summed E-state index contributed by atoms with van der Waals surface area (Å²) in [5.74, 6) is -1.10. The molecule has 0 fully saturated rings. The largest absolute Gasteiger partial charge is 0.495 e. The normalized spacial score (nSPS) is 11.8. The third kappa shape index (κ3) is 9.32. The highest BCUT2D eigenvalue weighted by molar-refractivity contribution is 7.92. The molecule has 11 nitrogen and oxygen atoms in total. The summed E-state index contributed by atoms with van der Waals surface area (Å²) >= 11 is 12.9. The molecule has 0 heterocycles. The fourth-order valence-electron chi connectivity index (χ4n) is 5.32. The molecular formula is C36H38Cl2N4O7S. The van der Waals surface area contributed by atoms with Gasteiger partial charge in [0.1, 0.15) is 18.3 Å². The number of methoxy groups -OCH3 is 1. The predicted molar refractivity (Wildman–Crippen MR) is 194 cm³/mol. The third-order valence-electron chi connectivity index (χ3n) is 8.05. The molecule has 1 N–H and O–H groups in total. The van der Waals surface area contributed by atoms with Crippen molar-refractivity contribution in [1.29, 1.82) is 0 Å². The van der Waals surface area contributed by atoms with Crippen molar-refractivity contribution < 1.29 is 27.7 Å². The minimum absolute atomic E-state index is 0.0724. The summed E-state index contributed by atoms with van der Waals surface area (Å²) in [4.78, 5) is 40.6. The van der Waals surface area contributed by atoms with E-state index in [0.29, 0.717) is 23.6 Å². The first-order valence-corrected chi connectivity index (χ1v) is 18.0. The lowest BCUT2D eigenvalue weighted by atomic mass is 10.0. The molecule has 264 valence electrons. The molecule has 0 saturated carbocycles. The summed E-state index contributed by atoms with van der Waals surface area (Å²) in [5, 5.41) is 15.2. The Labute approximate surface area is 302 Å². The van der Waals surface area contributed by atoms with Crippen LogP contribution in [0.2, 0.25) is 10.0 Å². The number of nitro benzene ring substituents is 1. The minimum atomic E-state index is -4.69. The number of carbonyl (C=O) groups is 2. The molecule has 1 atom stereocenters. The van der Waals surface area contributed by atoms with Gasteiger partial charge in [0.25, 0.3) is 15.7 Å². The topological polar surface area (TPSA) is 139 Å². The lowest BCUT2D eigenvalue weighted by Gasteiger charge is -2.34. The number of halogens is 2. The summed E-state index contributed by atoms with van der Waals surface area (Å²) in [5.41, 5.74) is 1.06. The number of nitrogens with zero attached hydrogens (tertiary/aromatic N) is 3. The number of carbonyl (C=O) groups excluding carboxylic acids is 2. The van der Waals surface area contributed by atoms with Crippen molar-refractivity contribution in [2.45, 2.75) is 50.6 Å². The second-order valence-electron chi connectivity index (χ2n) is 11.5. The number of ether oxygens (including phenoxy) is 1. The molecule has 0 spiro atoms. The van der Waals surface area contributed by atoms with Crippen LogP contribution in [0.15, 0.2) is 95.9 Å². The minimum Gasteiger partial charge on any atom is -0.495 e. The molecule has 0 radical (unpaired) electrons. The van der Waals surface area contributed by atoms with E-state index in [9.17, 15) is 28.1 Å². The zero-order chi connectivity index (χ0) is 36.4. The van der Waals surface area contributed by atoms with Gasteiger partial charge < -0.3 is 15.0 Å². The molecule has 0 aliphatic heterocycles. The van der Waals surface area contributed by atoms with Crippen LogP contribution in [0.1, 0.15) is 36.5 Å². The van der Waals surface area contributed by atoms with Gasteiger partial charge in [0.2, 0.25) is 11.8 Å². The Morgan fingerprint density at radius 3 is 2.34 bits per heavy atom. The molecule has 4 rings (SSSR count). The maximum Gasteiger partial charge on any atom is 0.273 e. The first kappa shape index (κ1) is 38.2. The zero-order valence-electron chi connectivity index (χ0n) is 27.8. The summed E-state index contributed by atoms with van der Waals surface area (Å²) in [7, 11) is -3.36. The fourth-order valence-corrected chi connectivity index (χ4v) is 7.11. The van der Waals surface area contributed by atoms with E-state index in [2.05, 4.69) is 5.32 Å². The van der Waals surface area contributed by atoms with Crippen molar-refractivity contribution in [2.75, 3.05) is 24.5 Å². The van der Waals surface area contributed by atoms with Crippen molar-refractivity contribution in [3.8, 4) is 5.75 Å². The van der Waals surface area contributed by atoms with E-state index >= 15 is 0 Å². The van der Waals surface area contributed by atoms with E-state index in [0.717, 1.165) is 22.4 Å². The summed E-state index contributed by atoms with van der Waals surface area (Å²) in [6.45, 7) is 2.90. The molecule has 4 aromatic rings. The first-order valence-electron chi connectivity index (χ1n) is 15.8. The number of rotatable bonds is 16. The Morgan fingerprint density at radius 1 is 0.980 bits per heavy atom. The fraction of sp³-hybridized carbons (Fsp3) is 0.278. The highest BCUT2D eigenvalue weighted by Crippen LogP contribution is 2.36. The molecule has 0 aliphatic rings. The zero-order valence-corrected chi connectivity index (χ0v) is 30.2. The average molecular weight is 742 g/mol. The smallest absolute Gasteiger partial charge is 0.273 e. The van der Waals surface area contributed by atoms with Crippen LogP contribution < -0.4 is 14.4 Å². The lowest BCUT2D eigenvalue weighted by Crippen LogP contribution is -2.53. The quantitative estimate of drug-likeness (QED) is 0.0744. The van der Waals surface area contributed by atoms with Crippen LogP contribution in [0.5, 0.6) is 5.75 Å². The standard InChI is InChI=1S/C36H38Cl2N4O7S/c1-4-5-19-39-36(44)33(20-26-11-7-6-8-12-26)40(23-27-13-9-10-14-30(27)38)35(43)24-41(32-21-28(37)16-18-34(32)49-3)50(47,48)29-17-15-25(2)31(22-29)42(45)46/h6-18,21-22,33H,4-5,19-20,23-24H2,1-3H3,(H,39,44)/t33-/m0/s1. The predicted octanol–water partition coefficient (Wildman–Crippen LogP) is 6.97. The van der Waals surface area contributed by atoms with Crippen molar-refractivity contribution in [2.24, 2.45) is 0 Å². The Morgan fingerprint density at radius 2 is 1.68 bits per heavy atom. The van der Waals surface area contributed by atoms with E-state index in [-0.39, 0.29) is 35.0 Å². The number of benzene rings is 4. The van der Waals surface area contributed by atoms with Gasteiger partial charge in [-0.1, -0.05) is 91.1 Å². The molecule has 14 heteroatoms. The van der Waals surface area contributed by atoms with Crippen LogP contribution in [0, 0.1) is 17.0 Å². The van der Waals surface area contributed by atoms with Gasteiger partial charge in [0.15, 0.2) is 0 Å². The van der Waals surface area contributed by atoms with E-state index < -0.39 is 49.9 Å². The van der Waals surface area contributed by atoms with Gasteiger partial charge in [-0.15, -0.1) is 0 Å². The van der Waals surface area contributed by atoms with Crippen molar-refractivity contribution in [1.82, 2.24) is 10.2 Å². The number of anilines is 1. The van der Waals surface area contributed by atoms with E-state index in [1.54, 1.807) is 24.3 Å². The molecule has 0 aromatic heterocycles. The van der Waals surface area contributed by atoms with Gasteiger partial charge in [-0.25, -0.2) is 8.42 Å². The molecule has 0 unspecified atom stereocenters. The molecule has 2 amide bonds. The number of aryl methyl sites for hydroxylation is 1. The van der Waals surface area contributed by atoms with Gasteiger partial charge in [-0.2, -0.15) is 0 Å². The first-order chi connectivity index (χ1) is 23.9. The second kappa shape index (κ2) is 17.3. The molecule has 0 bridgehead atoms. The molecule has 50 heavy (non-hydrogen) atoms. The van der Waals surface area contributed by atoms with Crippen LogP contribution in [0.25, 0.3) is 0 Å². The van der Waals surface area contributed by atoms with E-state index in [1.807, 2.05) is 37.3 Å². The Bertz CT molecular complexity index is 1940. The van der Waals surface area contributed by atoms with Gasteiger partial charge in [-0.3, -0.25) is 24.0 Å². The summed E-state index contributed by atoms with van der Waals surface area (Å²) < 4.78 is 35.2. The molecule has 0 aliphatic carbocycles. The number of amides is 2. The highest BCUT2D eigenvalue weighted by Gasteiger charge is 2.36. The van der Waals surface area contributed by atoms with Crippen LogP contribution in [0.3, 0.4) is 0 Å². The van der Waals surface area contributed by atoms with Crippen LogP contribution >= 0.6 is 23.2 Å². The number of hydrogen-bond donors (Lipinski definition) is 1.